The van der Waals surface area contributed by atoms with E-state index >= 15 is 0 Å². The first kappa shape index (κ1) is 15.1. The summed E-state index contributed by atoms with van der Waals surface area (Å²) >= 11 is 0. The Labute approximate surface area is 123 Å². The summed E-state index contributed by atoms with van der Waals surface area (Å²) in [5.74, 6) is 0.759. The number of rotatable bonds is 7. The molecule has 21 heavy (non-hydrogen) atoms. The summed E-state index contributed by atoms with van der Waals surface area (Å²) in [6.07, 6.45) is 1.56. The Morgan fingerprint density at radius 3 is 2.76 bits per heavy atom. The van der Waals surface area contributed by atoms with Crippen molar-refractivity contribution in [2.45, 2.75) is 6.54 Å². The molecule has 0 aliphatic carbocycles. The van der Waals surface area contributed by atoms with Crippen LogP contribution in [0.25, 0.3) is 0 Å². The maximum absolute atomic E-state index is 13.5. The zero-order valence-corrected chi connectivity index (χ0v) is 12.2. The van der Waals surface area contributed by atoms with Crippen LogP contribution in [0, 0.1) is 5.82 Å². The van der Waals surface area contributed by atoms with E-state index in [1.807, 2.05) is 14.1 Å². The fraction of sp³-hybridized carbons (Fsp3) is 0.357. The van der Waals surface area contributed by atoms with Gasteiger partial charge in [0.2, 0.25) is 5.95 Å². The van der Waals surface area contributed by atoms with Crippen molar-refractivity contribution in [1.82, 2.24) is 20.1 Å². The number of hydrogen-bond donors (Lipinski definition) is 2. The number of halogens is 1. The summed E-state index contributed by atoms with van der Waals surface area (Å²) in [5.41, 5.74) is 0.562. The molecule has 1 aromatic heterocycles. The summed E-state index contributed by atoms with van der Waals surface area (Å²) in [7, 11) is 4.00. The average Bonchev–Trinajstić information content (AvgIpc) is 2.46. The highest BCUT2D eigenvalue weighted by molar-refractivity contribution is 5.37. The van der Waals surface area contributed by atoms with Gasteiger partial charge in [0.05, 0.1) is 6.20 Å². The van der Waals surface area contributed by atoms with Gasteiger partial charge >= 0.3 is 0 Å². The lowest BCUT2D eigenvalue weighted by Crippen LogP contribution is -2.21. The van der Waals surface area contributed by atoms with Gasteiger partial charge in [0.15, 0.2) is 5.82 Å². The number of benzene rings is 1. The quantitative estimate of drug-likeness (QED) is 0.807. The molecular weight excluding hydrogens is 271 g/mol. The second kappa shape index (κ2) is 7.49. The first-order chi connectivity index (χ1) is 10.1. The fourth-order valence-electron chi connectivity index (χ4n) is 1.69. The van der Waals surface area contributed by atoms with Crippen LogP contribution in [-0.2, 0) is 6.54 Å². The molecule has 0 atom stereocenters. The second-order valence-electron chi connectivity index (χ2n) is 4.84. The van der Waals surface area contributed by atoms with Gasteiger partial charge in [0.1, 0.15) is 5.82 Å². The molecule has 1 heterocycles. The predicted octanol–water partition coefficient (Wildman–Crippen LogP) is 1.60. The summed E-state index contributed by atoms with van der Waals surface area (Å²) in [6.45, 7) is 1.97. The zero-order valence-electron chi connectivity index (χ0n) is 12.2. The standard InChI is InChI=1S/C14H19FN6/c1-21(2)8-7-16-13-10-18-20-14(19-13)17-9-11-5-3-4-6-12(11)15/h3-6,10H,7-9H2,1-2H3,(H2,16,17,19,20). The summed E-state index contributed by atoms with van der Waals surface area (Å²) in [5, 5.41) is 13.9. The van der Waals surface area contributed by atoms with Crippen molar-refractivity contribution in [1.29, 1.82) is 0 Å². The summed E-state index contributed by atoms with van der Waals surface area (Å²) in [4.78, 5) is 6.35. The Morgan fingerprint density at radius 2 is 2.00 bits per heavy atom. The molecule has 0 saturated carbocycles. The zero-order chi connectivity index (χ0) is 15.1. The number of nitrogens with one attached hydrogen (secondary N) is 2. The van der Waals surface area contributed by atoms with Crippen LogP contribution in [0.5, 0.6) is 0 Å². The van der Waals surface area contributed by atoms with Gasteiger partial charge in [-0.25, -0.2) is 4.39 Å². The van der Waals surface area contributed by atoms with Crippen LogP contribution < -0.4 is 10.6 Å². The molecule has 2 rings (SSSR count). The van der Waals surface area contributed by atoms with E-state index in [9.17, 15) is 4.39 Å². The lowest BCUT2D eigenvalue weighted by Gasteiger charge is -2.11. The van der Waals surface area contributed by atoms with E-state index < -0.39 is 0 Å². The monoisotopic (exact) mass is 290 g/mol. The first-order valence-electron chi connectivity index (χ1n) is 6.71. The molecule has 0 aliphatic rings. The van der Waals surface area contributed by atoms with E-state index in [0.717, 1.165) is 13.1 Å². The Morgan fingerprint density at radius 1 is 1.19 bits per heavy atom. The highest BCUT2D eigenvalue weighted by Gasteiger charge is 2.03. The highest BCUT2D eigenvalue weighted by atomic mass is 19.1. The molecule has 6 nitrogen and oxygen atoms in total. The normalized spacial score (nSPS) is 10.7. The Balaban J connectivity index is 1.90. The molecule has 7 heteroatoms. The van der Waals surface area contributed by atoms with Crippen molar-refractivity contribution in [3.8, 4) is 0 Å². The molecule has 2 N–H and O–H groups in total. The number of nitrogens with zero attached hydrogens (tertiary/aromatic N) is 4. The van der Waals surface area contributed by atoms with Crippen molar-refractivity contribution >= 4 is 11.8 Å². The van der Waals surface area contributed by atoms with E-state index in [2.05, 4.69) is 30.7 Å². The number of hydrogen-bond acceptors (Lipinski definition) is 6. The molecule has 0 radical (unpaired) electrons. The predicted molar refractivity (Wildman–Crippen MR) is 80.6 cm³/mol. The van der Waals surface area contributed by atoms with Gasteiger partial charge in [-0.3, -0.25) is 0 Å². The summed E-state index contributed by atoms with van der Waals surface area (Å²) < 4.78 is 13.5. The fourth-order valence-corrected chi connectivity index (χ4v) is 1.69. The number of aromatic nitrogens is 3. The molecule has 0 amide bonds. The molecule has 0 spiro atoms. The van der Waals surface area contributed by atoms with Gasteiger partial charge in [-0.05, 0) is 20.2 Å². The largest absolute Gasteiger partial charge is 0.367 e. The average molecular weight is 290 g/mol. The van der Waals surface area contributed by atoms with E-state index in [4.69, 9.17) is 0 Å². The van der Waals surface area contributed by atoms with E-state index in [-0.39, 0.29) is 5.82 Å². The minimum atomic E-state index is -0.252. The van der Waals surface area contributed by atoms with Gasteiger partial charge in [0.25, 0.3) is 0 Å². The maximum Gasteiger partial charge on any atom is 0.244 e. The van der Waals surface area contributed by atoms with Crippen molar-refractivity contribution in [2.24, 2.45) is 0 Å². The van der Waals surface area contributed by atoms with Crippen molar-refractivity contribution in [3.63, 3.8) is 0 Å². The van der Waals surface area contributed by atoms with Gasteiger partial charge < -0.3 is 15.5 Å². The highest BCUT2D eigenvalue weighted by Crippen LogP contribution is 2.09. The van der Waals surface area contributed by atoms with Gasteiger partial charge in [-0.15, -0.1) is 5.10 Å². The lowest BCUT2D eigenvalue weighted by molar-refractivity contribution is 0.425. The molecule has 0 bridgehead atoms. The molecule has 112 valence electrons. The molecule has 2 aromatic rings. The molecular formula is C14H19FN6. The maximum atomic E-state index is 13.5. The van der Waals surface area contributed by atoms with Crippen LogP contribution in [0.2, 0.25) is 0 Å². The lowest BCUT2D eigenvalue weighted by atomic mass is 10.2. The van der Waals surface area contributed by atoms with Gasteiger partial charge in [-0.1, -0.05) is 18.2 Å². The topological polar surface area (TPSA) is 66.0 Å². The van der Waals surface area contributed by atoms with E-state index in [1.165, 1.54) is 6.07 Å². The Hall–Kier alpha value is -2.28. The van der Waals surface area contributed by atoms with Crippen LogP contribution in [-0.4, -0.2) is 47.3 Å². The van der Waals surface area contributed by atoms with Crippen LogP contribution in [0.3, 0.4) is 0 Å². The molecule has 0 saturated heterocycles. The second-order valence-corrected chi connectivity index (χ2v) is 4.84. The molecule has 0 fully saturated rings. The van der Waals surface area contributed by atoms with Crippen molar-refractivity contribution in [3.05, 3.63) is 41.8 Å². The summed E-state index contributed by atoms with van der Waals surface area (Å²) in [6, 6.07) is 6.59. The van der Waals surface area contributed by atoms with Crippen LogP contribution in [0.1, 0.15) is 5.56 Å². The smallest absolute Gasteiger partial charge is 0.244 e. The minimum absolute atomic E-state index is 0.252. The third-order valence-electron chi connectivity index (χ3n) is 2.82. The minimum Gasteiger partial charge on any atom is -0.367 e. The number of anilines is 2. The Kier molecular flexibility index (Phi) is 5.39. The molecule has 0 unspecified atom stereocenters. The van der Waals surface area contributed by atoms with Crippen LogP contribution in [0.4, 0.5) is 16.2 Å². The number of likely N-dealkylation sites (N-methyl/N-ethyl adjacent to an activating group) is 1. The molecule has 1 aromatic carbocycles. The third-order valence-corrected chi connectivity index (χ3v) is 2.82. The van der Waals surface area contributed by atoms with Gasteiger partial charge in [0, 0.05) is 25.2 Å². The van der Waals surface area contributed by atoms with Crippen LogP contribution in [0.15, 0.2) is 30.5 Å². The first-order valence-corrected chi connectivity index (χ1v) is 6.71. The van der Waals surface area contributed by atoms with E-state index in [1.54, 1.807) is 24.4 Å². The molecule has 0 aliphatic heterocycles. The SMILES string of the molecule is CN(C)CCNc1cnnc(NCc2ccccc2F)n1. The van der Waals surface area contributed by atoms with Crippen molar-refractivity contribution < 1.29 is 4.39 Å². The Bertz CT molecular complexity index is 575. The van der Waals surface area contributed by atoms with Crippen molar-refractivity contribution in [2.75, 3.05) is 37.8 Å². The van der Waals surface area contributed by atoms with Crippen LogP contribution >= 0.6 is 0 Å². The van der Waals surface area contributed by atoms with Gasteiger partial charge in [-0.2, -0.15) is 10.1 Å². The van der Waals surface area contributed by atoms with E-state index in [0.29, 0.717) is 23.9 Å². The third kappa shape index (κ3) is 4.96.